The number of hydrogen-bond acceptors (Lipinski definition) is 6. The normalized spacial score (nSPS) is 17.1. The second-order valence-corrected chi connectivity index (χ2v) is 9.95. The number of urea groups is 1. The highest BCUT2D eigenvalue weighted by Gasteiger charge is 2.23. The third-order valence-electron chi connectivity index (χ3n) is 6.84. The number of aromatic amines is 1. The first-order valence-corrected chi connectivity index (χ1v) is 13.0. The number of rotatable bonds is 6. The van der Waals surface area contributed by atoms with Gasteiger partial charge in [0.25, 0.3) is 5.56 Å². The van der Waals surface area contributed by atoms with Crippen LogP contribution in [0.1, 0.15) is 11.3 Å². The van der Waals surface area contributed by atoms with E-state index in [-0.39, 0.29) is 11.6 Å². The number of benzene rings is 2. The minimum atomic E-state index is -0.148. The average Bonchev–Trinajstić information content (AvgIpc) is 2.91. The van der Waals surface area contributed by atoms with Crippen LogP contribution in [0.15, 0.2) is 65.5 Å². The van der Waals surface area contributed by atoms with E-state index in [0.717, 1.165) is 49.1 Å². The van der Waals surface area contributed by atoms with Crippen molar-refractivity contribution in [3.05, 3.63) is 87.3 Å². The Morgan fingerprint density at radius 2 is 1.51 bits per heavy atom. The third-order valence-corrected chi connectivity index (χ3v) is 7.10. The van der Waals surface area contributed by atoms with Crippen molar-refractivity contribution in [2.45, 2.75) is 13.1 Å². The summed E-state index contributed by atoms with van der Waals surface area (Å²) in [4.78, 5) is 41.3. The Balaban J connectivity index is 1.12. The molecule has 2 aromatic carbocycles. The van der Waals surface area contributed by atoms with Crippen molar-refractivity contribution >= 4 is 29.3 Å². The summed E-state index contributed by atoms with van der Waals surface area (Å²) < 4.78 is 0. The fraction of sp³-hybridized carbons (Fsp3) is 0.370. The van der Waals surface area contributed by atoms with E-state index in [2.05, 4.69) is 32.2 Å². The zero-order valence-electron chi connectivity index (χ0n) is 20.8. The predicted octanol–water partition coefficient (Wildman–Crippen LogP) is 3.10. The molecule has 0 atom stereocenters. The SMILES string of the molecule is O=C(Nc1ccccc1)N1CCN(c2nc(CN3CCN(Cc4ccc(Cl)cc4)CC3)cc(=O)[nH]2)CC1. The van der Waals surface area contributed by atoms with Gasteiger partial charge < -0.3 is 15.1 Å². The number of carbonyl (C=O) groups is 1. The van der Waals surface area contributed by atoms with E-state index in [1.165, 1.54) is 5.56 Å². The van der Waals surface area contributed by atoms with Gasteiger partial charge in [0.05, 0.1) is 5.69 Å². The molecule has 0 unspecified atom stereocenters. The number of nitrogens with one attached hydrogen (secondary N) is 2. The van der Waals surface area contributed by atoms with Gasteiger partial charge >= 0.3 is 6.03 Å². The minimum absolute atomic E-state index is 0.115. The van der Waals surface area contributed by atoms with Gasteiger partial charge in [-0.2, -0.15) is 0 Å². The van der Waals surface area contributed by atoms with Crippen LogP contribution in [-0.2, 0) is 13.1 Å². The first kappa shape index (κ1) is 25.3. The molecule has 0 aliphatic carbocycles. The van der Waals surface area contributed by atoms with Crippen LogP contribution in [-0.4, -0.2) is 83.1 Å². The van der Waals surface area contributed by atoms with Gasteiger partial charge in [0.1, 0.15) is 0 Å². The molecule has 2 amide bonds. The van der Waals surface area contributed by atoms with Gasteiger partial charge in [0.15, 0.2) is 0 Å². The predicted molar refractivity (Wildman–Crippen MR) is 146 cm³/mol. The van der Waals surface area contributed by atoms with E-state index in [0.29, 0.717) is 38.7 Å². The molecule has 2 aliphatic rings. The summed E-state index contributed by atoms with van der Waals surface area (Å²) in [7, 11) is 0. The molecule has 194 valence electrons. The van der Waals surface area contributed by atoms with Crippen molar-refractivity contribution in [3.63, 3.8) is 0 Å². The summed E-state index contributed by atoms with van der Waals surface area (Å²) in [6.45, 7) is 7.66. The molecule has 0 saturated carbocycles. The molecule has 9 nitrogen and oxygen atoms in total. The molecule has 10 heteroatoms. The summed E-state index contributed by atoms with van der Waals surface area (Å²) in [6, 6.07) is 18.9. The smallest absolute Gasteiger partial charge is 0.321 e. The molecule has 2 fully saturated rings. The van der Waals surface area contributed by atoms with E-state index in [4.69, 9.17) is 16.6 Å². The molecule has 3 heterocycles. The van der Waals surface area contributed by atoms with Crippen LogP contribution >= 0.6 is 11.6 Å². The molecule has 3 aromatic rings. The van der Waals surface area contributed by atoms with Crippen LogP contribution in [0.2, 0.25) is 5.02 Å². The fourth-order valence-electron chi connectivity index (χ4n) is 4.75. The number of carbonyl (C=O) groups excluding carboxylic acids is 1. The Bertz CT molecular complexity index is 1240. The van der Waals surface area contributed by atoms with Gasteiger partial charge in [-0.15, -0.1) is 0 Å². The maximum atomic E-state index is 12.6. The maximum Gasteiger partial charge on any atom is 0.321 e. The number of nitrogens with zero attached hydrogens (tertiary/aromatic N) is 5. The van der Waals surface area contributed by atoms with Gasteiger partial charge in [-0.25, -0.2) is 9.78 Å². The van der Waals surface area contributed by atoms with Crippen LogP contribution in [0.25, 0.3) is 0 Å². The minimum Gasteiger partial charge on any atom is -0.339 e. The van der Waals surface area contributed by atoms with Crippen molar-refractivity contribution in [2.24, 2.45) is 0 Å². The number of hydrogen-bond donors (Lipinski definition) is 2. The Hall–Kier alpha value is -3.40. The van der Waals surface area contributed by atoms with Crippen LogP contribution < -0.4 is 15.8 Å². The molecule has 0 radical (unpaired) electrons. The largest absolute Gasteiger partial charge is 0.339 e. The number of aromatic nitrogens is 2. The van der Waals surface area contributed by atoms with Crippen molar-refractivity contribution in [1.82, 2.24) is 24.7 Å². The number of piperazine rings is 2. The van der Waals surface area contributed by atoms with Crippen molar-refractivity contribution < 1.29 is 4.79 Å². The van der Waals surface area contributed by atoms with E-state index < -0.39 is 0 Å². The monoisotopic (exact) mass is 521 g/mol. The molecule has 1 aromatic heterocycles. The molecular weight excluding hydrogens is 490 g/mol. The fourth-order valence-corrected chi connectivity index (χ4v) is 4.88. The van der Waals surface area contributed by atoms with E-state index in [1.807, 2.05) is 47.4 Å². The van der Waals surface area contributed by atoms with E-state index in [9.17, 15) is 9.59 Å². The summed E-state index contributed by atoms with van der Waals surface area (Å²) in [6.07, 6.45) is 0. The lowest BCUT2D eigenvalue weighted by molar-refractivity contribution is 0.121. The Kier molecular flexibility index (Phi) is 8.03. The number of para-hydroxylation sites is 1. The Morgan fingerprint density at radius 3 is 2.19 bits per heavy atom. The van der Waals surface area contributed by atoms with Crippen molar-refractivity contribution in [3.8, 4) is 0 Å². The number of amides is 2. The lowest BCUT2D eigenvalue weighted by Crippen LogP contribution is -2.51. The van der Waals surface area contributed by atoms with E-state index in [1.54, 1.807) is 11.0 Å². The van der Waals surface area contributed by atoms with Crippen molar-refractivity contribution in [1.29, 1.82) is 0 Å². The van der Waals surface area contributed by atoms with Crippen LogP contribution in [0.3, 0.4) is 0 Å². The van der Waals surface area contributed by atoms with Crippen LogP contribution in [0, 0.1) is 0 Å². The lowest BCUT2D eigenvalue weighted by atomic mass is 10.2. The van der Waals surface area contributed by atoms with Gasteiger partial charge in [0, 0.05) is 82.2 Å². The van der Waals surface area contributed by atoms with Crippen molar-refractivity contribution in [2.75, 3.05) is 62.6 Å². The lowest BCUT2D eigenvalue weighted by Gasteiger charge is -2.36. The van der Waals surface area contributed by atoms with Gasteiger partial charge in [-0.05, 0) is 29.8 Å². The van der Waals surface area contributed by atoms with Gasteiger partial charge in [-0.1, -0.05) is 41.9 Å². The maximum absolute atomic E-state index is 12.6. The van der Waals surface area contributed by atoms with Crippen LogP contribution in [0.4, 0.5) is 16.4 Å². The van der Waals surface area contributed by atoms with Crippen LogP contribution in [0.5, 0.6) is 0 Å². The quantitative estimate of drug-likeness (QED) is 0.518. The van der Waals surface area contributed by atoms with Gasteiger partial charge in [-0.3, -0.25) is 19.6 Å². The molecule has 37 heavy (non-hydrogen) atoms. The zero-order valence-corrected chi connectivity index (χ0v) is 21.5. The topological polar surface area (TPSA) is 87.8 Å². The highest BCUT2D eigenvalue weighted by molar-refractivity contribution is 6.30. The summed E-state index contributed by atoms with van der Waals surface area (Å²) in [5.74, 6) is 0.576. The Morgan fingerprint density at radius 1 is 0.865 bits per heavy atom. The Labute approximate surface area is 221 Å². The number of H-pyrrole nitrogens is 1. The standard InChI is InChI=1S/C27H32ClN7O2/c28-22-8-6-21(7-9-22)19-32-10-12-33(13-11-32)20-24-18-25(36)31-26(29-24)34-14-16-35(17-15-34)27(37)30-23-4-2-1-3-5-23/h1-9,18H,10-17,19-20H2,(H,30,37)(H,29,31,36). The highest BCUT2D eigenvalue weighted by Crippen LogP contribution is 2.16. The molecule has 0 bridgehead atoms. The number of halogens is 1. The third kappa shape index (κ3) is 6.88. The summed E-state index contributed by atoms with van der Waals surface area (Å²) in [5, 5.41) is 3.69. The average molecular weight is 522 g/mol. The van der Waals surface area contributed by atoms with E-state index >= 15 is 0 Å². The molecule has 5 rings (SSSR count). The highest BCUT2D eigenvalue weighted by atomic mass is 35.5. The molecule has 2 saturated heterocycles. The molecule has 2 N–H and O–H groups in total. The first-order chi connectivity index (χ1) is 18.0. The number of anilines is 2. The second-order valence-electron chi connectivity index (χ2n) is 9.51. The molecule has 0 spiro atoms. The summed E-state index contributed by atoms with van der Waals surface area (Å²) >= 11 is 6.00. The second kappa shape index (κ2) is 11.8. The zero-order chi connectivity index (χ0) is 25.6. The van der Waals surface area contributed by atoms with Gasteiger partial charge in [0.2, 0.25) is 5.95 Å². The first-order valence-electron chi connectivity index (χ1n) is 12.7. The molecule has 2 aliphatic heterocycles. The summed E-state index contributed by atoms with van der Waals surface area (Å²) in [5.41, 5.74) is 2.66. The molecular formula is C27H32ClN7O2.